The number of carbonyl (C=O) groups excluding carboxylic acids is 1. The average molecular weight is 351 g/mol. The van der Waals surface area contributed by atoms with E-state index in [4.69, 9.17) is 4.74 Å². The van der Waals surface area contributed by atoms with Gasteiger partial charge in [-0.05, 0) is 22.6 Å². The molecule has 3 rings (SSSR count). The Labute approximate surface area is 152 Å². The standard InChI is InChI=1S/C21H21NO2S/c1-24-19-12-13-25-20(19)16-22(15-18-10-6-3-7-11-18)21(23)14-17-8-4-2-5-9-17/h2-13H,14-16H2,1H3. The number of thiophene rings is 1. The Kier molecular flexibility index (Phi) is 5.86. The van der Waals surface area contributed by atoms with Crippen molar-refractivity contribution in [2.75, 3.05) is 7.11 Å². The van der Waals surface area contributed by atoms with Crippen LogP contribution in [0.4, 0.5) is 0 Å². The summed E-state index contributed by atoms with van der Waals surface area (Å²) in [6.45, 7) is 1.15. The van der Waals surface area contributed by atoms with Crippen molar-refractivity contribution in [2.45, 2.75) is 19.5 Å². The molecule has 0 unspecified atom stereocenters. The molecule has 0 radical (unpaired) electrons. The first kappa shape index (κ1) is 17.2. The molecule has 0 aliphatic heterocycles. The van der Waals surface area contributed by atoms with E-state index >= 15 is 0 Å². The Morgan fingerprint density at radius 1 is 0.920 bits per heavy atom. The molecule has 25 heavy (non-hydrogen) atoms. The maximum atomic E-state index is 12.9. The molecule has 128 valence electrons. The molecule has 2 aromatic carbocycles. The quantitative estimate of drug-likeness (QED) is 0.626. The molecule has 0 spiro atoms. The molecule has 0 aliphatic carbocycles. The molecule has 0 saturated carbocycles. The van der Waals surface area contributed by atoms with Gasteiger partial charge >= 0.3 is 0 Å². The van der Waals surface area contributed by atoms with Crippen molar-refractivity contribution in [3.8, 4) is 5.75 Å². The van der Waals surface area contributed by atoms with Crippen LogP contribution in [0.1, 0.15) is 16.0 Å². The Balaban J connectivity index is 1.79. The molecule has 3 nitrogen and oxygen atoms in total. The first-order chi connectivity index (χ1) is 12.3. The van der Waals surface area contributed by atoms with Gasteiger partial charge in [-0.15, -0.1) is 11.3 Å². The van der Waals surface area contributed by atoms with Crippen molar-refractivity contribution in [3.05, 3.63) is 88.1 Å². The number of amides is 1. The fourth-order valence-electron chi connectivity index (χ4n) is 2.72. The lowest BCUT2D eigenvalue weighted by Crippen LogP contribution is -2.31. The SMILES string of the molecule is COc1ccsc1CN(Cc1ccccc1)C(=O)Cc1ccccc1. The molecular formula is C21H21NO2S. The van der Waals surface area contributed by atoms with Gasteiger partial charge in [0.1, 0.15) is 5.75 Å². The predicted octanol–water partition coefficient (Wildman–Crippen LogP) is 4.53. The van der Waals surface area contributed by atoms with E-state index in [1.165, 1.54) is 0 Å². The number of ether oxygens (including phenoxy) is 1. The van der Waals surface area contributed by atoms with E-state index in [0.717, 1.165) is 21.8 Å². The number of nitrogens with zero attached hydrogens (tertiary/aromatic N) is 1. The minimum Gasteiger partial charge on any atom is -0.496 e. The average Bonchev–Trinajstić information content (AvgIpc) is 3.10. The molecule has 1 aromatic heterocycles. The molecule has 0 aliphatic rings. The van der Waals surface area contributed by atoms with Crippen LogP contribution < -0.4 is 4.74 Å². The summed E-state index contributed by atoms with van der Waals surface area (Å²) >= 11 is 1.62. The Hall–Kier alpha value is -2.59. The van der Waals surface area contributed by atoms with Crippen molar-refractivity contribution < 1.29 is 9.53 Å². The molecule has 0 N–H and O–H groups in total. The third kappa shape index (κ3) is 4.70. The fourth-order valence-corrected chi connectivity index (χ4v) is 3.57. The minimum atomic E-state index is 0.116. The maximum Gasteiger partial charge on any atom is 0.227 e. The summed E-state index contributed by atoms with van der Waals surface area (Å²) in [6.07, 6.45) is 0.404. The van der Waals surface area contributed by atoms with Crippen LogP contribution in [-0.2, 0) is 24.3 Å². The van der Waals surface area contributed by atoms with Gasteiger partial charge in [-0.3, -0.25) is 4.79 Å². The minimum absolute atomic E-state index is 0.116. The predicted molar refractivity (Wildman–Crippen MR) is 102 cm³/mol. The fraction of sp³-hybridized carbons (Fsp3) is 0.190. The normalized spacial score (nSPS) is 10.4. The van der Waals surface area contributed by atoms with Crippen molar-refractivity contribution in [3.63, 3.8) is 0 Å². The second kappa shape index (κ2) is 8.49. The third-order valence-corrected chi connectivity index (χ3v) is 4.91. The second-order valence-corrected chi connectivity index (χ2v) is 6.81. The number of rotatable bonds is 7. The van der Waals surface area contributed by atoms with Crippen LogP contribution in [0.15, 0.2) is 72.1 Å². The third-order valence-electron chi connectivity index (χ3n) is 4.03. The van der Waals surface area contributed by atoms with Crippen LogP contribution in [-0.4, -0.2) is 17.9 Å². The molecule has 3 aromatic rings. The lowest BCUT2D eigenvalue weighted by Gasteiger charge is -2.23. The van der Waals surface area contributed by atoms with Crippen LogP contribution in [0.3, 0.4) is 0 Å². The highest BCUT2D eigenvalue weighted by atomic mass is 32.1. The first-order valence-electron chi connectivity index (χ1n) is 8.22. The number of hydrogen-bond acceptors (Lipinski definition) is 3. The molecule has 0 fully saturated rings. The van der Waals surface area contributed by atoms with Crippen molar-refractivity contribution in [1.82, 2.24) is 4.90 Å². The summed E-state index contributed by atoms with van der Waals surface area (Å²) in [5.41, 5.74) is 2.16. The number of benzene rings is 2. The van der Waals surface area contributed by atoms with E-state index in [2.05, 4.69) is 12.1 Å². The molecule has 0 saturated heterocycles. The van der Waals surface area contributed by atoms with Crippen LogP contribution in [0, 0.1) is 0 Å². The van der Waals surface area contributed by atoms with Crippen LogP contribution in [0.25, 0.3) is 0 Å². The highest BCUT2D eigenvalue weighted by Gasteiger charge is 2.18. The zero-order valence-electron chi connectivity index (χ0n) is 14.2. The monoisotopic (exact) mass is 351 g/mol. The Morgan fingerprint density at radius 2 is 1.56 bits per heavy atom. The molecule has 4 heteroatoms. The smallest absolute Gasteiger partial charge is 0.227 e. The van der Waals surface area contributed by atoms with E-state index < -0.39 is 0 Å². The maximum absolute atomic E-state index is 12.9. The topological polar surface area (TPSA) is 29.5 Å². The second-order valence-electron chi connectivity index (χ2n) is 5.81. The van der Waals surface area contributed by atoms with Crippen LogP contribution in [0.2, 0.25) is 0 Å². The zero-order valence-corrected chi connectivity index (χ0v) is 15.0. The van der Waals surface area contributed by atoms with Gasteiger partial charge < -0.3 is 9.64 Å². The molecular weight excluding hydrogens is 330 g/mol. The van der Waals surface area contributed by atoms with E-state index in [1.54, 1.807) is 18.4 Å². The van der Waals surface area contributed by atoms with Gasteiger partial charge in [-0.25, -0.2) is 0 Å². The summed E-state index contributed by atoms with van der Waals surface area (Å²) in [7, 11) is 1.67. The van der Waals surface area contributed by atoms with Crippen molar-refractivity contribution >= 4 is 17.2 Å². The Bertz CT molecular complexity index is 799. The lowest BCUT2D eigenvalue weighted by molar-refractivity contribution is -0.131. The number of carbonyl (C=O) groups is 1. The number of methoxy groups -OCH3 is 1. The molecule has 0 bridgehead atoms. The van der Waals surface area contributed by atoms with Gasteiger partial charge in [-0.2, -0.15) is 0 Å². The molecule has 1 amide bonds. The van der Waals surface area contributed by atoms with Gasteiger partial charge in [0, 0.05) is 6.54 Å². The zero-order chi connectivity index (χ0) is 17.5. The molecule has 0 atom stereocenters. The highest BCUT2D eigenvalue weighted by molar-refractivity contribution is 7.10. The van der Waals surface area contributed by atoms with E-state index in [0.29, 0.717) is 19.5 Å². The van der Waals surface area contributed by atoms with E-state index in [9.17, 15) is 4.79 Å². The lowest BCUT2D eigenvalue weighted by atomic mass is 10.1. The largest absolute Gasteiger partial charge is 0.496 e. The summed E-state index contributed by atoms with van der Waals surface area (Å²) < 4.78 is 5.41. The highest BCUT2D eigenvalue weighted by Crippen LogP contribution is 2.27. The van der Waals surface area contributed by atoms with Gasteiger partial charge in [0.25, 0.3) is 0 Å². The summed E-state index contributed by atoms with van der Waals surface area (Å²) in [6, 6.07) is 21.9. The van der Waals surface area contributed by atoms with Crippen LogP contribution >= 0.6 is 11.3 Å². The van der Waals surface area contributed by atoms with Crippen LogP contribution in [0.5, 0.6) is 5.75 Å². The van der Waals surface area contributed by atoms with Gasteiger partial charge in [0.15, 0.2) is 0 Å². The Morgan fingerprint density at radius 3 is 2.20 bits per heavy atom. The van der Waals surface area contributed by atoms with Crippen molar-refractivity contribution in [2.24, 2.45) is 0 Å². The summed E-state index contributed by atoms with van der Waals surface area (Å²) in [5.74, 6) is 0.959. The van der Waals surface area contributed by atoms with Gasteiger partial charge in [-0.1, -0.05) is 60.7 Å². The molecule has 1 heterocycles. The summed E-state index contributed by atoms with van der Waals surface area (Å²) in [4.78, 5) is 15.9. The van der Waals surface area contributed by atoms with Gasteiger partial charge in [0.05, 0.1) is 25.0 Å². The number of hydrogen-bond donors (Lipinski definition) is 0. The first-order valence-corrected chi connectivity index (χ1v) is 9.10. The van der Waals surface area contributed by atoms with E-state index in [-0.39, 0.29) is 5.91 Å². The van der Waals surface area contributed by atoms with Gasteiger partial charge in [0.2, 0.25) is 5.91 Å². The van der Waals surface area contributed by atoms with E-state index in [1.807, 2.05) is 64.9 Å². The summed E-state index contributed by atoms with van der Waals surface area (Å²) in [5, 5.41) is 2.00. The van der Waals surface area contributed by atoms with Crippen molar-refractivity contribution in [1.29, 1.82) is 0 Å².